The van der Waals surface area contributed by atoms with E-state index in [9.17, 15) is 4.79 Å². The van der Waals surface area contributed by atoms with Gasteiger partial charge in [-0.25, -0.2) is 4.79 Å². The molecule has 19 heavy (non-hydrogen) atoms. The van der Waals surface area contributed by atoms with Crippen LogP contribution in [-0.4, -0.2) is 43.3 Å². The lowest BCUT2D eigenvalue weighted by molar-refractivity contribution is 0.0527. The van der Waals surface area contributed by atoms with Crippen molar-refractivity contribution in [3.05, 3.63) is 0 Å². The largest absolute Gasteiger partial charge is 0.444 e. The van der Waals surface area contributed by atoms with Gasteiger partial charge in [-0.05, 0) is 65.1 Å². The van der Waals surface area contributed by atoms with Gasteiger partial charge < -0.3 is 15.4 Å². The van der Waals surface area contributed by atoms with Crippen LogP contribution in [0.25, 0.3) is 0 Å². The van der Waals surface area contributed by atoms with Crippen molar-refractivity contribution in [1.82, 2.24) is 10.6 Å². The molecular formula is C14H30N2O2S. The van der Waals surface area contributed by atoms with E-state index in [1.807, 2.05) is 32.5 Å². The summed E-state index contributed by atoms with van der Waals surface area (Å²) in [4.78, 5) is 11.3. The molecule has 2 N–H and O–H groups in total. The molecule has 0 aliphatic rings. The van der Waals surface area contributed by atoms with E-state index < -0.39 is 5.60 Å². The van der Waals surface area contributed by atoms with Crippen LogP contribution in [0.3, 0.4) is 0 Å². The van der Waals surface area contributed by atoms with Crippen molar-refractivity contribution in [3.63, 3.8) is 0 Å². The van der Waals surface area contributed by atoms with Gasteiger partial charge in [0.15, 0.2) is 0 Å². The average Bonchev–Trinajstić information content (AvgIpc) is 2.29. The van der Waals surface area contributed by atoms with E-state index in [0.717, 1.165) is 19.5 Å². The van der Waals surface area contributed by atoms with Gasteiger partial charge >= 0.3 is 6.09 Å². The van der Waals surface area contributed by atoms with E-state index in [1.54, 1.807) is 0 Å². The summed E-state index contributed by atoms with van der Waals surface area (Å²) in [6.45, 7) is 8.27. The van der Waals surface area contributed by atoms with Crippen molar-refractivity contribution in [3.8, 4) is 0 Å². The van der Waals surface area contributed by atoms with Crippen molar-refractivity contribution < 1.29 is 9.53 Å². The maximum atomic E-state index is 11.3. The minimum atomic E-state index is -0.418. The van der Waals surface area contributed by atoms with Crippen LogP contribution in [0.1, 0.15) is 46.5 Å². The summed E-state index contributed by atoms with van der Waals surface area (Å²) >= 11 is 1.91. The lowest BCUT2D eigenvalue weighted by atomic mass is 10.2. The molecule has 1 amide bonds. The van der Waals surface area contributed by atoms with Crippen molar-refractivity contribution in [2.75, 3.05) is 31.6 Å². The summed E-state index contributed by atoms with van der Waals surface area (Å²) in [6, 6.07) is 0. The topological polar surface area (TPSA) is 50.4 Å². The number of amides is 1. The number of alkyl carbamates (subject to hydrolysis) is 1. The molecule has 0 aliphatic heterocycles. The van der Waals surface area contributed by atoms with Crippen LogP contribution in [0, 0.1) is 0 Å². The summed E-state index contributed by atoms with van der Waals surface area (Å²) < 4.78 is 5.15. The zero-order chi connectivity index (χ0) is 14.6. The molecule has 0 radical (unpaired) electrons. The van der Waals surface area contributed by atoms with Gasteiger partial charge in [-0.15, -0.1) is 0 Å². The number of hydrogen-bond acceptors (Lipinski definition) is 4. The van der Waals surface area contributed by atoms with E-state index in [-0.39, 0.29) is 6.09 Å². The Morgan fingerprint density at radius 1 is 1.05 bits per heavy atom. The Hall–Kier alpha value is -0.420. The first-order chi connectivity index (χ1) is 8.95. The van der Waals surface area contributed by atoms with Gasteiger partial charge in [0.05, 0.1) is 0 Å². The Bertz CT molecular complexity index is 230. The van der Waals surface area contributed by atoms with Gasteiger partial charge in [0.1, 0.15) is 5.60 Å². The second-order valence-electron chi connectivity index (χ2n) is 5.59. The quantitative estimate of drug-likeness (QED) is 0.607. The monoisotopic (exact) mass is 290 g/mol. The maximum Gasteiger partial charge on any atom is 0.407 e. The third-order valence-corrected chi connectivity index (χ3v) is 3.10. The Morgan fingerprint density at radius 3 is 2.37 bits per heavy atom. The highest BCUT2D eigenvalue weighted by Crippen LogP contribution is 2.06. The summed E-state index contributed by atoms with van der Waals surface area (Å²) in [5.74, 6) is 1.26. The fourth-order valence-electron chi connectivity index (χ4n) is 1.52. The van der Waals surface area contributed by atoms with Crippen molar-refractivity contribution in [1.29, 1.82) is 0 Å². The molecule has 0 saturated carbocycles. The first-order valence-electron chi connectivity index (χ1n) is 7.12. The molecule has 0 aliphatic carbocycles. The molecule has 0 bridgehead atoms. The number of thioether (sulfide) groups is 1. The first-order valence-corrected chi connectivity index (χ1v) is 8.51. The lowest BCUT2D eigenvalue weighted by Gasteiger charge is -2.19. The van der Waals surface area contributed by atoms with Crippen LogP contribution in [0.5, 0.6) is 0 Å². The Balaban J connectivity index is 3.21. The fourth-order valence-corrected chi connectivity index (χ4v) is 2.01. The highest BCUT2D eigenvalue weighted by molar-refractivity contribution is 7.98. The highest BCUT2D eigenvalue weighted by Gasteiger charge is 2.15. The van der Waals surface area contributed by atoms with E-state index in [4.69, 9.17) is 4.74 Å². The van der Waals surface area contributed by atoms with Gasteiger partial charge in [0.2, 0.25) is 0 Å². The minimum Gasteiger partial charge on any atom is -0.444 e. The zero-order valence-electron chi connectivity index (χ0n) is 12.9. The van der Waals surface area contributed by atoms with Gasteiger partial charge in [-0.3, -0.25) is 0 Å². The molecule has 0 fully saturated rings. The third kappa shape index (κ3) is 15.5. The highest BCUT2D eigenvalue weighted by atomic mass is 32.2. The number of ether oxygens (including phenoxy) is 1. The smallest absolute Gasteiger partial charge is 0.407 e. The summed E-state index contributed by atoms with van der Waals surface area (Å²) in [5.41, 5.74) is -0.418. The second-order valence-corrected chi connectivity index (χ2v) is 6.57. The summed E-state index contributed by atoms with van der Waals surface area (Å²) in [5, 5.41) is 6.14. The fraction of sp³-hybridized carbons (Fsp3) is 0.929. The maximum absolute atomic E-state index is 11.3. The molecular weight excluding hydrogens is 260 g/mol. The van der Waals surface area contributed by atoms with Crippen LogP contribution in [0.4, 0.5) is 4.79 Å². The molecule has 4 nitrogen and oxygen atoms in total. The van der Waals surface area contributed by atoms with Crippen molar-refractivity contribution >= 4 is 17.9 Å². The number of carbonyl (C=O) groups is 1. The molecule has 0 aromatic rings. The van der Waals surface area contributed by atoms with Crippen LogP contribution >= 0.6 is 11.8 Å². The number of hydrogen-bond donors (Lipinski definition) is 2. The van der Waals surface area contributed by atoms with Crippen molar-refractivity contribution in [2.24, 2.45) is 0 Å². The second kappa shape index (κ2) is 11.4. The molecule has 0 aromatic carbocycles. The van der Waals surface area contributed by atoms with Crippen LogP contribution in [0.2, 0.25) is 0 Å². The van der Waals surface area contributed by atoms with E-state index in [1.165, 1.54) is 25.0 Å². The van der Waals surface area contributed by atoms with E-state index in [2.05, 4.69) is 16.9 Å². The number of carbonyl (C=O) groups excluding carboxylic acids is 1. The van der Waals surface area contributed by atoms with Crippen LogP contribution in [0.15, 0.2) is 0 Å². The Kier molecular flexibility index (Phi) is 11.2. The normalized spacial score (nSPS) is 11.4. The molecule has 0 heterocycles. The summed E-state index contributed by atoms with van der Waals surface area (Å²) in [6.07, 6.45) is 6.59. The van der Waals surface area contributed by atoms with E-state index >= 15 is 0 Å². The number of rotatable bonds is 10. The average molecular weight is 290 g/mol. The lowest BCUT2D eigenvalue weighted by Crippen LogP contribution is -2.34. The molecule has 0 rings (SSSR count). The molecule has 0 atom stereocenters. The molecule has 114 valence electrons. The minimum absolute atomic E-state index is 0.329. The van der Waals surface area contributed by atoms with Crippen LogP contribution in [-0.2, 0) is 4.74 Å². The van der Waals surface area contributed by atoms with E-state index in [0.29, 0.717) is 6.54 Å². The van der Waals surface area contributed by atoms with Gasteiger partial charge in [0.25, 0.3) is 0 Å². The summed E-state index contributed by atoms with van der Waals surface area (Å²) in [7, 11) is 0. The van der Waals surface area contributed by atoms with Crippen LogP contribution < -0.4 is 10.6 Å². The molecule has 0 aromatic heterocycles. The van der Waals surface area contributed by atoms with Crippen molar-refractivity contribution in [2.45, 2.75) is 52.1 Å². The molecule has 0 spiro atoms. The number of unbranched alkanes of at least 4 members (excludes halogenated alkanes) is 2. The predicted octanol–water partition coefficient (Wildman–Crippen LogP) is 3.02. The molecule has 0 unspecified atom stereocenters. The standard InChI is InChI=1S/C14H30N2O2S/c1-14(2,3)18-13(17)16-11-8-10-15-9-6-5-7-12-19-4/h15H,5-12H2,1-4H3,(H,16,17). The van der Waals surface area contributed by atoms with Gasteiger partial charge in [-0.2, -0.15) is 11.8 Å². The number of nitrogens with one attached hydrogen (secondary N) is 2. The molecule has 5 heteroatoms. The zero-order valence-corrected chi connectivity index (χ0v) is 13.7. The predicted molar refractivity (Wildman–Crippen MR) is 84.0 cm³/mol. The first kappa shape index (κ1) is 18.6. The Labute approximate surface area is 122 Å². The third-order valence-electron chi connectivity index (χ3n) is 2.40. The SMILES string of the molecule is CSCCCCCNCCCNC(=O)OC(C)(C)C. The van der Waals surface area contributed by atoms with Gasteiger partial charge in [-0.1, -0.05) is 6.42 Å². The molecule has 0 saturated heterocycles. The Morgan fingerprint density at radius 2 is 1.74 bits per heavy atom. The van der Waals surface area contributed by atoms with Gasteiger partial charge in [0, 0.05) is 6.54 Å².